The van der Waals surface area contributed by atoms with Crippen LogP contribution in [-0.4, -0.2) is 35.5 Å². The standard InChI is InChI=1S/C11H14N4O3S/c12-19(16,17)8-4-7-18-11-13-9-15(14-11)10-5-2-1-3-6-10/h1-3,5-6,9H,4,7-8H2,(H2,12,16,17). The number of primary sulfonamides is 1. The van der Waals surface area contributed by atoms with Gasteiger partial charge in [0.05, 0.1) is 18.0 Å². The Bertz CT molecular complexity index is 624. The molecule has 2 aromatic rings. The lowest BCUT2D eigenvalue weighted by Crippen LogP contribution is -2.18. The van der Waals surface area contributed by atoms with Crippen molar-refractivity contribution in [2.75, 3.05) is 12.4 Å². The van der Waals surface area contributed by atoms with E-state index in [1.165, 1.54) is 6.33 Å². The summed E-state index contributed by atoms with van der Waals surface area (Å²) in [4.78, 5) is 3.98. The van der Waals surface area contributed by atoms with Crippen LogP contribution in [0, 0.1) is 0 Å². The fourth-order valence-electron chi connectivity index (χ4n) is 1.44. The Kier molecular flexibility index (Phi) is 4.13. The third-order valence-corrected chi connectivity index (χ3v) is 3.15. The number of para-hydroxylation sites is 1. The molecule has 0 aliphatic rings. The second-order valence-corrected chi connectivity index (χ2v) is 5.61. The maximum absolute atomic E-state index is 10.7. The van der Waals surface area contributed by atoms with Crippen LogP contribution in [0.4, 0.5) is 0 Å². The number of ether oxygens (including phenoxy) is 1. The maximum atomic E-state index is 10.7. The number of hydrogen-bond acceptors (Lipinski definition) is 5. The Labute approximate surface area is 111 Å². The van der Waals surface area contributed by atoms with Crippen molar-refractivity contribution in [3.8, 4) is 11.7 Å². The summed E-state index contributed by atoms with van der Waals surface area (Å²) >= 11 is 0. The molecule has 0 aliphatic carbocycles. The van der Waals surface area contributed by atoms with E-state index in [0.29, 0.717) is 6.42 Å². The van der Waals surface area contributed by atoms with Gasteiger partial charge < -0.3 is 4.74 Å². The number of rotatable bonds is 6. The molecule has 1 aromatic heterocycles. The van der Waals surface area contributed by atoms with Crippen LogP contribution in [0.15, 0.2) is 36.7 Å². The summed E-state index contributed by atoms with van der Waals surface area (Å²) in [6, 6.07) is 9.68. The highest BCUT2D eigenvalue weighted by atomic mass is 32.2. The van der Waals surface area contributed by atoms with Gasteiger partial charge in [-0.3, -0.25) is 0 Å². The van der Waals surface area contributed by atoms with Crippen molar-refractivity contribution in [3.05, 3.63) is 36.7 Å². The molecule has 0 saturated heterocycles. The molecule has 0 unspecified atom stereocenters. The number of nitrogens with two attached hydrogens (primary N) is 1. The van der Waals surface area contributed by atoms with E-state index < -0.39 is 10.0 Å². The van der Waals surface area contributed by atoms with E-state index in [2.05, 4.69) is 10.1 Å². The minimum atomic E-state index is -3.44. The largest absolute Gasteiger partial charge is 0.462 e. The third kappa shape index (κ3) is 4.34. The molecule has 0 aliphatic heterocycles. The molecule has 1 aromatic carbocycles. The zero-order chi connectivity index (χ0) is 13.7. The first-order valence-corrected chi connectivity index (χ1v) is 7.36. The average Bonchev–Trinajstić information content (AvgIpc) is 2.83. The minimum Gasteiger partial charge on any atom is -0.462 e. The molecular weight excluding hydrogens is 268 g/mol. The fraction of sp³-hybridized carbons (Fsp3) is 0.273. The highest BCUT2D eigenvalue weighted by Gasteiger charge is 2.05. The predicted octanol–water partition coefficient (Wildman–Crippen LogP) is 0.325. The van der Waals surface area contributed by atoms with Crippen molar-refractivity contribution in [2.45, 2.75) is 6.42 Å². The van der Waals surface area contributed by atoms with Crippen molar-refractivity contribution < 1.29 is 13.2 Å². The molecule has 0 amide bonds. The van der Waals surface area contributed by atoms with Crippen molar-refractivity contribution in [1.29, 1.82) is 0 Å². The van der Waals surface area contributed by atoms with Crippen LogP contribution in [0.3, 0.4) is 0 Å². The Hall–Kier alpha value is -1.93. The molecule has 19 heavy (non-hydrogen) atoms. The van der Waals surface area contributed by atoms with Gasteiger partial charge in [-0.25, -0.2) is 18.2 Å². The molecular formula is C11H14N4O3S. The summed E-state index contributed by atoms with van der Waals surface area (Å²) < 4.78 is 28.3. The second-order valence-electron chi connectivity index (χ2n) is 3.88. The molecule has 0 spiro atoms. The fourth-order valence-corrected chi connectivity index (χ4v) is 1.96. The molecule has 1 heterocycles. The summed E-state index contributed by atoms with van der Waals surface area (Å²) in [7, 11) is -3.44. The predicted molar refractivity (Wildman–Crippen MR) is 69.4 cm³/mol. The van der Waals surface area contributed by atoms with E-state index in [-0.39, 0.29) is 18.4 Å². The molecule has 0 fully saturated rings. The third-order valence-electron chi connectivity index (χ3n) is 2.30. The Morgan fingerprint density at radius 2 is 2.00 bits per heavy atom. The number of aromatic nitrogens is 3. The van der Waals surface area contributed by atoms with Gasteiger partial charge in [-0.1, -0.05) is 18.2 Å². The molecule has 8 heteroatoms. The molecule has 7 nitrogen and oxygen atoms in total. The first-order chi connectivity index (χ1) is 9.04. The van der Waals surface area contributed by atoms with E-state index in [1.54, 1.807) is 4.68 Å². The van der Waals surface area contributed by atoms with Gasteiger partial charge in [0, 0.05) is 0 Å². The minimum absolute atomic E-state index is 0.119. The van der Waals surface area contributed by atoms with Crippen molar-refractivity contribution in [1.82, 2.24) is 14.8 Å². The first-order valence-electron chi connectivity index (χ1n) is 5.65. The van der Waals surface area contributed by atoms with Crippen LogP contribution in [0.1, 0.15) is 6.42 Å². The SMILES string of the molecule is NS(=O)(=O)CCCOc1ncn(-c2ccccc2)n1. The summed E-state index contributed by atoms with van der Waals surface area (Å²) in [6.45, 7) is 0.204. The quantitative estimate of drug-likeness (QED) is 0.769. The summed E-state index contributed by atoms with van der Waals surface area (Å²) in [6.07, 6.45) is 1.84. The Morgan fingerprint density at radius 1 is 1.26 bits per heavy atom. The lowest BCUT2D eigenvalue weighted by Gasteiger charge is -2.01. The van der Waals surface area contributed by atoms with E-state index in [4.69, 9.17) is 9.88 Å². The topological polar surface area (TPSA) is 100 Å². The monoisotopic (exact) mass is 282 g/mol. The molecule has 2 N–H and O–H groups in total. The van der Waals surface area contributed by atoms with Crippen LogP contribution in [0.25, 0.3) is 5.69 Å². The van der Waals surface area contributed by atoms with E-state index in [1.807, 2.05) is 30.3 Å². The van der Waals surface area contributed by atoms with Crippen molar-refractivity contribution in [2.24, 2.45) is 5.14 Å². The van der Waals surface area contributed by atoms with Gasteiger partial charge in [0.25, 0.3) is 0 Å². The molecule has 0 saturated carbocycles. The zero-order valence-electron chi connectivity index (χ0n) is 10.1. The van der Waals surface area contributed by atoms with Gasteiger partial charge >= 0.3 is 6.01 Å². The molecule has 0 bridgehead atoms. The number of benzene rings is 1. The molecule has 2 rings (SSSR count). The van der Waals surface area contributed by atoms with Crippen LogP contribution >= 0.6 is 0 Å². The highest BCUT2D eigenvalue weighted by molar-refractivity contribution is 7.89. The van der Waals surface area contributed by atoms with Gasteiger partial charge in [-0.15, -0.1) is 5.10 Å². The number of sulfonamides is 1. The van der Waals surface area contributed by atoms with Crippen LogP contribution in [-0.2, 0) is 10.0 Å². The summed E-state index contributed by atoms with van der Waals surface area (Å²) in [5.41, 5.74) is 0.870. The second kappa shape index (κ2) is 5.81. The molecule has 0 radical (unpaired) electrons. The molecule has 102 valence electrons. The number of nitrogens with zero attached hydrogens (tertiary/aromatic N) is 3. The number of hydrogen-bond donors (Lipinski definition) is 1. The van der Waals surface area contributed by atoms with Crippen LogP contribution in [0.2, 0.25) is 0 Å². The first kappa shape index (κ1) is 13.5. The zero-order valence-corrected chi connectivity index (χ0v) is 11.0. The lowest BCUT2D eigenvalue weighted by molar-refractivity contribution is 0.292. The van der Waals surface area contributed by atoms with E-state index in [9.17, 15) is 8.42 Å². The van der Waals surface area contributed by atoms with Gasteiger partial charge in [0.15, 0.2) is 0 Å². The van der Waals surface area contributed by atoms with E-state index in [0.717, 1.165) is 5.69 Å². The Balaban J connectivity index is 1.88. The smallest absolute Gasteiger partial charge is 0.335 e. The highest BCUT2D eigenvalue weighted by Crippen LogP contribution is 2.08. The lowest BCUT2D eigenvalue weighted by atomic mass is 10.3. The van der Waals surface area contributed by atoms with Gasteiger partial charge in [-0.05, 0) is 18.6 Å². The van der Waals surface area contributed by atoms with Crippen LogP contribution < -0.4 is 9.88 Å². The van der Waals surface area contributed by atoms with Gasteiger partial charge in [0.2, 0.25) is 10.0 Å². The van der Waals surface area contributed by atoms with Crippen molar-refractivity contribution in [3.63, 3.8) is 0 Å². The van der Waals surface area contributed by atoms with Crippen molar-refractivity contribution >= 4 is 10.0 Å². The summed E-state index contributed by atoms with van der Waals surface area (Å²) in [5, 5.41) is 8.99. The maximum Gasteiger partial charge on any atom is 0.335 e. The van der Waals surface area contributed by atoms with Crippen LogP contribution in [0.5, 0.6) is 6.01 Å². The summed E-state index contributed by atoms with van der Waals surface area (Å²) in [5.74, 6) is -0.119. The molecule has 0 atom stereocenters. The average molecular weight is 282 g/mol. The van der Waals surface area contributed by atoms with Gasteiger partial charge in [0.1, 0.15) is 6.33 Å². The van der Waals surface area contributed by atoms with E-state index >= 15 is 0 Å². The Morgan fingerprint density at radius 3 is 2.68 bits per heavy atom. The normalized spacial score (nSPS) is 11.4. The van der Waals surface area contributed by atoms with Gasteiger partial charge in [-0.2, -0.15) is 4.98 Å².